The maximum atomic E-state index is 12.0. The van der Waals surface area contributed by atoms with E-state index in [2.05, 4.69) is 26.5 Å². The summed E-state index contributed by atoms with van der Waals surface area (Å²) in [7, 11) is 1.57. The van der Waals surface area contributed by atoms with Crippen LogP contribution >= 0.6 is 27.5 Å². The van der Waals surface area contributed by atoms with Gasteiger partial charge in [-0.25, -0.2) is 5.43 Å². The predicted octanol–water partition coefficient (Wildman–Crippen LogP) is 5.45. The zero-order chi connectivity index (χ0) is 20.6. The van der Waals surface area contributed by atoms with E-state index >= 15 is 0 Å². The van der Waals surface area contributed by atoms with Crippen molar-refractivity contribution in [3.63, 3.8) is 0 Å². The molecule has 0 unspecified atom stereocenters. The minimum absolute atomic E-state index is 0.320. The Morgan fingerprint density at radius 2 is 1.79 bits per heavy atom. The summed E-state index contributed by atoms with van der Waals surface area (Å²) in [6.45, 7) is 0.425. The summed E-state index contributed by atoms with van der Waals surface area (Å²) in [5.41, 5.74) is 4.76. The second-order valence-electron chi connectivity index (χ2n) is 6.03. The molecular formula is C22H18BrClN2O3. The Labute approximate surface area is 182 Å². The van der Waals surface area contributed by atoms with Crippen LogP contribution in [0.3, 0.4) is 0 Å². The summed E-state index contributed by atoms with van der Waals surface area (Å²) >= 11 is 9.23. The van der Waals surface area contributed by atoms with Gasteiger partial charge in [-0.1, -0.05) is 39.7 Å². The van der Waals surface area contributed by atoms with E-state index < -0.39 is 0 Å². The molecule has 0 saturated heterocycles. The van der Waals surface area contributed by atoms with Gasteiger partial charge in [-0.15, -0.1) is 0 Å². The van der Waals surface area contributed by atoms with Crippen LogP contribution in [0.5, 0.6) is 11.5 Å². The Morgan fingerprint density at radius 1 is 1.07 bits per heavy atom. The third-order valence-electron chi connectivity index (χ3n) is 3.98. The molecule has 0 atom stereocenters. The molecule has 0 heterocycles. The molecule has 3 rings (SSSR count). The molecule has 0 bridgehead atoms. The van der Waals surface area contributed by atoms with Gasteiger partial charge in [0.1, 0.15) is 6.61 Å². The Hall–Kier alpha value is -2.83. The molecule has 0 fully saturated rings. The van der Waals surface area contributed by atoms with Crippen molar-refractivity contribution in [1.82, 2.24) is 5.43 Å². The molecular weight excluding hydrogens is 456 g/mol. The van der Waals surface area contributed by atoms with E-state index in [9.17, 15) is 4.79 Å². The first kappa shape index (κ1) is 20.9. The number of carbonyl (C=O) groups is 1. The van der Waals surface area contributed by atoms with Gasteiger partial charge in [0.05, 0.1) is 13.3 Å². The van der Waals surface area contributed by atoms with Gasteiger partial charge in [0.15, 0.2) is 11.5 Å². The molecule has 1 N–H and O–H groups in total. The third kappa shape index (κ3) is 6.07. The highest BCUT2D eigenvalue weighted by atomic mass is 79.9. The van der Waals surface area contributed by atoms with E-state index in [-0.39, 0.29) is 5.91 Å². The van der Waals surface area contributed by atoms with Crippen molar-refractivity contribution in [2.75, 3.05) is 7.11 Å². The molecule has 0 radical (unpaired) electrons. The summed E-state index contributed by atoms with van der Waals surface area (Å²) in [5, 5.41) is 4.56. The number of hydrogen-bond donors (Lipinski definition) is 1. The Kier molecular flexibility index (Phi) is 7.27. The SMILES string of the molecule is COc1cc(/C=N\NC(=O)c2ccc(Cl)cc2)ccc1OCc1ccc(Br)cc1. The number of halogens is 2. The highest BCUT2D eigenvalue weighted by molar-refractivity contribution is 9.10. The van der Waals surface area contributed by atoms with Crippen LogP contribution in [0.1, 0.15) is 21.5 Å². The lowest BCUT2D eigenvalue weighted by Crippen LogP contribution is -2.17. The molecule has 0 aliphatic rings. The molecule has 0 aliphatic carbocycles. The number of hydrogen-bond acceptors (Lipinski definition) is 4. The van der Waals surface area contributed by atoms with Gasteiger partial charge in [0.25, 0.3) is 5.91 Å². The van der Waals surface area contributed by atoms with Gasteiger partial charge in [-0.05, 0) is 65.7 Å². The lowest BCUT2D eigenvalue weighted by molar-refractivity contribution is 0.0955. The number of amides is 1. The van der Waals surface area contributed by atoms with E-state index in [1.54, 1.807) is 43.5 Å². The van der Waals surface area contributed by atoms with Gasteiger partial charge in [-0.2, -0.15) is 5.10 Å². The first-order chi connectivity index (χ1) is 14.0. The largest absolute Gasteiger partial charge is 0.493 e. The van der Waals surface area contributed by atoms with Crippen LogP contribution in [0, 0.1) is 0 Å². The fourth-order valence-corrected chi connectivity index (χ4v) is 2.85. The molecule has 5 nitrogen and oxygen atoms in total. The van der Waals surface area contributed by atoms with Crippen molar-refractivity contribution in [2.45, 2.75) is 6.61 Å². The maximum Gasteiger partial charge on any atom is 0.271 e. The van der Waals surface area contributed by atoms with Crippen LogP contribution in [-0.4, -0.2) is 19.2 Å². The summed E-state index contributed by atoms with van der Waals surface area (Å²) in [5.74, 6) is 0.882. The van der Waals surface area contributed by atoms with E-state index in [0.717, 1.165) is 15.6 Å². The molecule has 0 spiro atoms. The fourth-order valence-electron chi connectivity index (χ4n) is 2.46. The highest BCUT2D eigenvalue weighted by Gasteiger charge is 2.07. The fraction of sp³-hybridized carbons (Fsp3) is 0.0909. The van der Waals surface area contributed by atoms with Gasteiger partial charge < -0.3 is 9.47 Å². The highest BCUT2D eigenvalue weighted by Crippen LogP contribution is 2.28. The second-order valence-corrected chi connectivity index (χ2v) is 7.38. The number of methoxy groups -OCH3 is 1. The van der Waals surface area contributed by atoms with E-state index in [0.29, 0.717) is 28.7 Å². The van der Waals surface area contributed by atoms with Crippen LogP contribution < -0.4 is 14.9 Å². The topological polar surface area (TPSA) is 59.9 Å². The quantitative estimate of drug-likeness (QED) is 0.366. The molecule has 3 aromatic carbocycles. The van der Waals surface area contributed by atoms with Crippen molar-refractivity contribution in [3.05, 3.63) is 92.9 Å². The van der Waals surface area contributed by atoms with Gasteiger partial charge in [-0.3, -0.25) is 4.79 Å². The third-order valence-corrected chi connectivity index (χ3v) is 4.76. The zero-order valence-electron chi connectivity index (χ0n) is 15.6. The zero-order valence-corrected chi connectivity index (χ0v) is 17.9. The second kappa shape index (κ2) is 10.1. The average Bonchev–Trinajstić information content (AvgIpc) is 2.74. The number of ether oxygens (including phenoxy) is 2. The Balaban J connectivity index is 1.61. The molecule has 7 heteroatoms. The standard InChI is InChI=1S/C22H18BrClN2O3/c1-28-21-12-16(13-25-26-22(27)17-5-9-19(24)10-6-17)4-11-20(21)29-14-15-2-7-18(23)8-3-15/h2-13H,14H2,1H3,(H,26,27)/b25-13-. The Bertz CT molecular complexity index is 1010. The van der Waals surface area contributed by atoms with Crippen molar-refractivity contribution < 1.29 is 14.3 Å². The van der Waals surface area contributed by atoms with Crippen molar-refractivity contribution in [1.29, 1.82) is 0 Å². The first-order valence-corrected chi connectivity index (χ1v) is 9.86. The summed E-state index contributed by atoms with van der Waals surface area (Å²) in [6, 6.07) is 19.9. The smallest absolute Gasteiger partial charge is 0.271 e. The molecule has 3 aromatic rings. The molecule has 1 amide bonds. The molecule has 148 valence electrons. The molecule has 0 aliphatic heterocycles. The lowest BCUT2D eigenvalue weighted by Gasteiger charge is -2.11. The number of nitrogens with zero attached hydrogens (tertiary/aromatic N) is 1. The number of benzene rings is 3. The van der Waals surface area contributed by atoms with Gasteiger partial charge >= 0.3 is 0 Å². The van der Waals surface area contributed by atoms with Crippen LogP contribution in [0.4, 0.5) is 0 Å². The summed E-state index contributed by atoms with van der Waals surface area (Å²) in [6.07, 6.45) is 1.54. The van der Waals surface area contributed by atoms with Crippen LogP contribution in [0.15, 0.2) is 76.3 Å². The van der Waals surface area contributed by atoms with Gasteiger partial charge in [0.2, 0.25) is 0 Å². The van der Waals surface area contributed by atoms with E-state index in [4.69, 9.17) is 21.1 Å². The van der Waals surface area contributed by atoms with E-state index in [1.807, 2.05) is 30.3 Å². The lowest BCUT2D eigenvalue weighted by atomic mass is 10.2. The van der Waals surface area contributed by atoms with Gasteiger partial charge in [0, 0.05) is 15.1 Å². The predicted molar refractivity (Wildman–Crippen MR) is 118 cm³/mol. The van der Waals surface area contributed by atoms with Crippen LogP contribution in [0.2, 0.25) is 5.02 Å². The van der Waals surface area contributed by atoms with E-state index in [1.165, 1.54) is 6.21 Å². The number of rotatable bonds is 7. The molecule has 0 saturated carbocycles. The van der Waals surface area contributed by atoms with Crippen molar-refractivity contribution >= 4 is 39.7 Å². The minimum atomic E-state index is -0.320. The van der Waals surface area contributed by atoms with Crippen molar-refractivity contribution in [3.8, 4) is 11.5 Å². The normalized spacial score (nSPS) is 10.7. The number of carbonyl (C=O) groups excluding carboxylic acids is 1. The van der Waals surface area contributed by atoms with Crippen LogP contribution in [0.25, 0.3) is 0 Å². The van der Waals surface area contributed by atoms with Crippen molar-refractivity contribution in [2.24, 2.45) is 5.10 Å². The van der Waals surface area contributed by atoms with Crippen LogP contribution in [-0.2, 0) is 6.61 Å². The minimum Gasteiger partial charge on any atom is -0.493 e. The average molecular weight is 474 g/mol. The first-order valence-electron chi connectivity index (χ1n) is 8.69. The number of nitrogens with one attached hydrogen (secondary N) is 1. The molecule has 29 heavy (non-hydrogen) atoms. The summed E-state index contributed by atoms with van der Waals surface area (Å²) in [4.78, 5) is 12.0. The maximum absolute atomic E-state index is 12.0. The molecule has 0 aromatic heterocycles. The summed E-state index contributed by atoms with van der Waals surface area (Å²) < 4.78 is 12.3. The Morgan fingerprint density at radius 3 is 2.48 bits per heavy atom. The monoisotopic (exact) mass is 472 g/mol. The number of hydrazone groups is 1.